The summed E-state index contributed by atoms with van der Waals surface area (Å²) in [6.07, 6.45) is 9.31. The molecule has 2 rings (SSSR count). The largest absolute Gasteiger partial charge is 0.381 e. The van der Waals surface area contributed by atoms with Crippen LogP contribution in [0.25, 0.3) is 0 Å². The van der Waals surface area contributed by atoms with E-state index in [9.17, 15) is 0 Å². The quantitative estimate of drug-likeness (QED) is 0.766. The predicted molar refractivity (Wildman–Crippen MR) is 69.2 cm³/mol. The van der Waals surface area contributed by atoms with Crippen molar-refractivity contribution in [2.24, 2.45) is 5.41 Å². The number of thiol groups is 1. The summed E-state index contributed by atoms with van der Waals surface area (Å²) in [6, 6.07) is 0. The van der Waals surface area contributed by atoms with E-state index in [4.69, 9.17) is 9.47 Å². The molecular formula is C13H24O2S. The van der Waals surface area contributed by atoms with Crippen LogP contribution in [0.3, 0.4) is 0 Å². The highest BCUT2D eigenvalue weighted by atomic mass is 32.1. The van der Waals surface area contributed by atoms with Crippen molar-refractivity contribution < 1.29 is 9.47 Å². The molecule has 94 valence electrons. The predicted octanol–water partition coefficient (Wildman–Crippen LogP) is 3.06. The lowest BCUT2D eigenvalue weighted by Crippen LogP contribution is -2.35. The van der Waals surface area contributed by atoms with Crippen molar-refractivity contribution in [2.45, 2.75) is 51.0 Å². The topological polar surface area (TPSA) is 18.5 Å². The van der Waals surface area contributed by atoms with Crippen LogP contribution in [0, 0.1) is 5.41 Å². The van der Waals surface area contributed by atoms with Gasteiger partial charge in [0, 0.05) is 18.6 Å². The van der Waals surface area contributed by atoms with Gasteiger partial charge in [0.2, 0.25) is 0 Å². The molecule has 0 radical (unpaired) electrons. The molecule has 1 aliphatic heterocycles. The lowest BCUT2D eigenvalue weighted by Gasteiger charge is -2.37. The van der Waals surface area contributed by atoms with Gasteiger partial charge in [0.05, 0.1) is 12.7 Å². The Morgan fingerprint density at radius 3 is 2.44 bits per heavy atom. The molecule has 0 aromatic heterocycles. The van der Waals surface area contributed by atoms with Crippen LogP contribution < -0.4 is 0 Å². The summed E-state index contributed by atoms with van der Waals surface area (Å²) >= 11 is 4.54. The van der Waals surface area contributed by atoms with Gasteiger partial charge in [-0.25, -0.2) is 0 Å². The second-order valence-electron chi connectivity index (χ2n) is 5.34. The van der Waals surface area contributed by atoms with Crippen LogP contribution in [0.2, 0.25) is 0 Å². The minimum atomic E-state index is 0.375. The zero-order chi connectivity index (χ0) is 11.3. The molecule has 1 saturated heterocycles. The summed E-state index contributed by atoms with van der Waals surface area (Å²) in [5, 5.41) is 0. The number of hydrogen-bond acceptors (Lipinski definition) is 3. The van der Waals surface area contributed by atoms with Crippen LogP contribution in [0.4, 0.5) is 0 Å². The third-order valence-electron chi connectivity index (χ3n) is 4.04. The third-order valence-corrected chi connectivity index (χ3v) is 4.71. The van der Waals surface area contributed by atoms with Crippen molar-refractivity contribution in [3.05, 3.63) is 0 Å². The molecule has 0 bridgehead atoms. The van der Waals surface area contributed by atoms with Gasteiger partial charge in [-0.1, -0.05) is 19.3 Å². The fourth-order valence-corrected chi connectivity index (χ4v) is 3.19. The molecular weight excluding hydrogens is 220 g/mol. The van der Waals surface area contributed by atoms with Gasteiger partial charge in [0.25, 0.3) is 0 Å². The Balaban J connectivity index is 1.77. The Kier molecular flexibility index (Phi) is 4.98. The van der Waals surface area contributed by atoms with Crippen LogP contribution in [-0.2, 0) is 9.47 Å². The molecule has 1 heterocycles. The Bertz CT molecular complexity index is 196. The molecule has 0 unspecified atom stereocenters. The van der Waals surface area contributed by atoms with Gasteiger partial charge < -0.3 is 9.47 Å². The number of ether oxygens (including phenoxy) is 2. The van der Waals surface area contributed by atoms with Crippen LogP contribution >= 0.6 is 12.6 Å². The van der Waals surface area contributed by atoms with Crippen LogP contribution in [0.15, 0.2) is 0 Å². The number of rotatable bonds is 4. The summed E-state index contributed by atoms with van der Waals surface area (Å²) < 4.78 is 11.4. The highest BCUT2D eigenvalue weighted by Crippen LogP contribution is 2.38. The van der Waals surface area contributed by atoms with Gasteiger partial charge in [-0.3, -0.25) is 0 Å². The van der Waals surface area contributed by atoms with E-state index in [0.29, 0.717) is 11.5 Å². The van der Waals surface area contributed by atoms with Crippen molar-refractivity contribution in [1.82, 2.24) is 0 Å². The third kappa shape index (κ3) is 3.38. The standard InChI is InChI=1S/C13H24O2S/c16-11-13(6-2-1-3-7-13)10-15-12-4-8-14-9-5-12/h12,16H,1-11H2. The lowest BCUT2D eigenvalue weighted by molar-refractivity contribution is -0.0643. The fraction of sp³-hybridized carbons (Fsp3) is 1.00. The first-order valence-electron chi connectivity index (χ1n) is 6.65. The van der Waals surface area contributed by atoms with E-state index in [0.717, 1.165) is 38.4 Å². The molecule has 1 aliphatic carbocycles. The Labute approximate surface area is 104 Å². The van der Waals surface area contributed by atoms with Crippen molar-refractivity contribution in [2.75, 3.05) is 25.6 Å². The first kappa shape index (κ1) is 12.7. The normalized spacial score (nSPS) is 26.8. The molecule has 2 fully saturated rings. The maximum Gasteiger partial charge on any atom is 0.0619 e. The zero-order valence-corrected chi connectivity index (χ0v) is 11.0. The molecule has 16 heavy (non-hydrogen) atoms. The van der Waals surface area contributed by atoms with Gasteiger partial charge in [0.15, 0.2) is 0 Å². The summed E-state index contributed by atoms with van der Waals surface area (Å²) in [7, 11) is 0. The fourth-order valence-electron chi connectivity index (χ4n) is 2.79. The van der Waals surface area contributed by atoms with Crippen molar-refractivity contribution >= 4 is 12.6 Å². The van der Waals surface area contributed by atoms with E-state index in [1.165, 1.54) is 32.1 Å². The summed E-state index contributed by atoms with van der Waals surface area (Å²) in [5.41, 5.74) is 0.375. The summed E-state index contributed by atoms with van der Waals surface area (Å²) in [5.74, 6) is 0.982. The van der Waals surface area contributed by atoms with Gasteiger partial charge in [-0.15, -0.1) is 0 Å². The molecule has 0 aromatic rings. The summed E-state index contributed by atoms with van der Waals surface area (Å²) in [6.45, 7) is 2.66. The van der Waals surface area contributed by atoms with Crippen LogP contribution in [0.1, 0.15) is 44.9 Å². The second-order valence-corrected chi connectivity index (χ2v) is 5.66. The van der Waals surface area contributed by atoms with E-state index in [1.807, 2.05) is 0 Å². The Hall–Kier alpha value is 0.270. The molecule has 0 amide bonds. The van der Waals surface area contributed by atoms with Crippen molar-refractivity contribution in [1.29, 1.82) is 0 Å². The van der Waals surface area contributed by atoms with E-state index >= 15 is 0 Å². The van der Waals surface area contributed by atoms with Crippen molar-refractivity contribution in [3.8, 4) is 0 Å². The minimum absolute atomic E-state index is 0.375. The SMILES string of the molecule is SCC1(COC2CCOCC2)CCCCC1. The molecule has 2 aliphatic rings. The number of hydrogen-bond donors (Lipinski definition) is 1. The van der Waals surface area contributed by atoms with Gasteiger partial charge in [-0.05, 0) is 31.4 Å². The van der Waals surface area contributed by atoms with Gasteiger partial charge in [-0.2, -0.15) is 12.6 Å². The summed E-state index contributed by atoms with van der Waals surface area (Å²) in [4.78, 5) is 0. The Morgan fingerprint density at radius 2 is 1.81 bits per heavy atom. The smallest absolute Gasteiger partial charge is 0.0619 e. The zero-order valence-electron chi connectivity index (χ0n) is 10.1. The average Bonchev–Trinajstić information content (AvgIpc) is 2.39. The maximum atomic E-state index is 6.09. The van der Waals surface area contributed by atoms with E-state index < -0.39 is 0 Å². The lowest BCUT2D eigenvalue weighted by atomic mass is 9.76. The molecule has 0 spiro atoms. The molecule has 0 aromatic carbocycles. The maximum absolute atomic E-state index is 6.09. The monoisotopic (exact) mass is 244 g/mol. The van der Waals surface area contributed by atoms with E-state index in [1.54, 1.807) is 0 Å². The van der Waals surface area contributed by atoms with Crippen LogP contribution in [0.5, 0.6) is 0 Å². The average molecular weight is 244 g/mol. The Morgan fingerprint density at radius 1 is 1.12 bits per heavy atom. The van der Waals surface area contributed by atoms with E-state index in [-0.39, 0.29) is 0 Å². The van der Waals surface area contributed by atoms with Gasteiger partial charge >= 0.3 is 0 Å². The van der Waals surface area contributed by atoms with E-state index in [2.05, 4.69) is 12.6 Å². The molecule has 0 N–H and O–H groups in total. The minimum Gasteiger partial charge on any atom is -0.381 e. The molecule has 2 nitrogen and oxygen atoms in total. The molecule has 3 heteroatoms. The second kappa shape index (κ2) is 6.27. The van der Waals surface area contributed by atoms with Crippen molar-refractivity contribution in [3.63, 3.8) is 0 Å². The first-order chi connectivity index (χ1) is 7.85. The molecule has 0 atom stereocenters. The molecule has 1 saturated carbocycles. The first-order valence-corrected chi connectivity index (χ1v) is 7.28. The highest BCUT2D eigenvalue weighted by molar-refractivity contribution is 7.80. The van der Waals surface area contributed by atoms with Gasteiger partial charge in [0.1, 0.15) is 0 Å². The van der Waals surface area contributed by atoms with Crippen LogP contribution in [-0.4, -0.2) is 31.7 Å². The highest BCUT2D eigenvalue weighted by Gasteiger charge is 2.32.